The molecule has 0 aromatic heterocycles. The van der Waals surface area contributed by atoms with Gasteiger partial charge in [0.15, 0.2) is 0 Å². The Morgan fingerprint density at radius 2 is 1.86 bits per heavy atom. The fourth-order valence-electron chi connectivity index (χ4n) is 7.30. The van der Waals surface area contributed by atoms with E-state index in [0.717, 1.165) is 6.42 Å². The number of hydrogen-bond acceptors (Lipinski definition) is 5. The van der Waals surface area contributed by atoms with Gasteiger partial charge in [0, 0.05) is 16.8 Å². The summed E-state index contributed by atoms with van der Waals surface area (Å²) in [6.07, 6.45) is 3.71. The molecule has 0 aromatic rings. The van der Waals surface area contributed by atoms with E-state index in [0.29, 0.717) is 19.4 Å². The second kappa shape index (κ2) is 9.09. The summed E-state index contributed by atoms with van der Waals surface area (Å²) in [6.45, 7) is 20.2. The molecule has 3 saturated heterocycles. The zero-order chi connectivity index (χ0) is 26.7. The molecule has 6 atom stereocenters. The van der Waals surface area contributed by atoms with Gasteiger partial charge in [-0.1, -0.05) is 40.7 Å². The molecule has 2 N–H and O–H groups in total. The fourth-order valence-corrected chi connectivity index (χ4v) is 9.63. The summed E-state index contributed by atoms with van der Waals surface area (Å²) in [6, 6.07) is -1.38. The van der Waals surface area contributed by atoms with Gasteiger partial charge in [-0.15, -0.1) is 18.3 Å². The van der Waals surface area contributed by atoms with Crippen LogP contribution in [-0.2, 0) is 14.4 Å². The third-order valence-corrected chi connectivity index (χ3v) is 10.3. The Bertz CT molecular complexity index is 896. The van der Waals surface area contributed by atoms with E-state index in [9.17, 15) is 24.6 Å². The number of hydrogen-bond donors (Lipinski definition) is 2. The Morgan fingerprint density at radius 1 is 1.26 bits per heavy atom. The molecule has 8 heteroatoms. The maximum atomic E-state index is 14.6. The van der Waals surface area contributed by atoms with Gasteiger partial charge in [-0.2, -0.15) is 0 Å². The largest absolute Gasteiger partial charge is 0.481 e. The topological polar surface area (TPSA) is 98.2 Å². The van der Waals surface area contributed by atoms with E-state index in [2.05, 4.69) is 27.4 Å². The van der Waals surface area contributed by atoms with Crippen LogP contribution in [0.4, 0.5) is 0 Å². The van der Waals surface area contributed by atoms with Crippen molar-refractivity contribution >= 4 is 29.5 Å². The van der Waals surface area contributed by atoms with Crippen molar-refractivity contribution in [3.05, 3.63) is 12.7 Å². The van der Waals surface area contributed by atoms with E-state index >= 15 is 0 Å². The Hall–Kier alpha value is -1.54. The highest BCUT2D eigenvalue weighted by Gasteiger charge is 2.78. The van der Waals surface area contributed by atoms with E-state index in [-0.39, 0.29) is 29.8 Å². The number of carboxylic acid groups (broad SMARTS) is 1. The molecular weight excluding hydrogens is 464 g/mol. The van der Waals surface area contributed by atoms with Gasteiger partial charge in [0.1, 0.15) is 6.04 Å². The lowest BCUT2D eigenvalue weighted by Gasteiger charge is -2.47. The first-order valence-corrected chi connectivity index (χ1v) is 13.6. The lowest BCUT2D eigenvalue weighted by atomic mass is 9.66. The predicted molar refractivity (Wildman–Crippen MR) is 139 cm³/mol. The highest BCUT2D eigenvalue weighted by atomic mass is 32.2. The van der Waals surface area contributed by atoms with Crippen molar-refractivity contribution < 1.29 is 24.6 Å². The Balaban J connectivity index is 2.18. The smallest absolute Gasteiger partial charge is 0.308 e. The predicted octanol–water partition coefficient (Wildman–Crippen LogP) is 3.80. The molecule has 35 heavy (non-hydrogen) atoms. The molecule has 7 nitrogen and oxygen atoms in total. The minimum absolute atomic E-state index is 0.0385. The summed E-state index contributed by atoms with van der Waals surface area (Å²) in [5.74, 6) is -3.17. The number of aliphatic hydroxyl groups excluding tert-OH is 1. The van der Waals surface area contributed by atoms with Crippen LogP contribution >= 0.6 is 11.8 Å². The first kappa shape index (κ1) is 28.0. The summed E-state index contributed by atoms with van der Waals surface area (Å²) >= 11 is 1.53. The van der Waals surface area contributed by atoms with Crippen LogP contribution in [0.25, 0.3) is 0 Å². The number of thioether (sulfide) groups is 1. The number of nitrogens with zero attached hydrogens (tertiary/aromatic N) is 2. The molecule has 1 spiro atoms. The third kappa shape index (κ3) is 4.43. The van der Waals surface area contributed by atoms with Crippen molar-refractivity contribution in [1.82, 2.24) is 9.80 Å². The van der Waals surface area contributed by atoms with Gasteiger partial charge in [-0.25, -0.2) is 0 Å². The number of fused-ring (bicyclic) bond motifs is 1. The van der Waals surface area contributed by atoms with E-state index in [1.165, 1.54) is 11.8 Å². The number of rotatable bonds is 9. The van der Waals surface area contributed by atoms with Crippen LogP contribution in [0.1, 0.15) is 74.7 Å². The SMILES string of the molecule is C=CCN(C(=O)C1N([C@@H](CO)C(C)C)C(=O)[C@@H]2[C@@H](C(=O)O)[C@@]3(C)CCC12S3)C(C)(C)CC(C)(C)C. The molecule has 198 valence electrons. The molecule has 3 heterocycles. The first-order chi connectivity index (χ1) is 16.0. The van der Waals surface area contributed by atoms with Crippen LogP contribution in [0.5, 0.6) is 0 Å². The maximum absolute atomic E-state index is 14.6. The van der Waals surface area contributed by atoms with E-state index in [1.807, 2.05) is 39.5 Å². The second-order valence-electron chi connectivity index (χ2n) is 13.1. The molecule has 0 aliphatic carbocycles. The van der Waals surface area contributed by atoms with Crippen LogP contribution in [0.15, 0.2) is 12.7 Å². The molecule has 2 bridgehead atoms. The molecule has 3 aliphatic rings. The molecule has 0 aromatic carbocycles. The zero-order valence-electron chi connectivity index (χ0n) is 22.6. The summed E-state index contributed by atoms with van der Waals surface area (Å²) in [7, 11) is 0. The number of carbonyl (C=O) groups is 3. The summed E-state index contributed by atoms with van der Waals surface area (Å²) in [5, 5.41) is 20.5. The van der Waals surface area contributed by atoms with Crippen LogP contribution in [0.2, 0.25) is 0 Å². The molecule has 2 amide bonds. The quantitative estimate of drug-likeness (QED) is 0.460. The standard InChI is InChI=1S/C27H44N2O5S/c1-10-13-28(25(7,8)15-24(4,5)6)22(32)20-27-12-11-26(9,35-27)19(23(33)34)18(27)21(31)29(20)17(14-30)16(2)3/h10,16-20,30H,1,11-15H2,2-9H3,(H,33,34)/t17-,18-,19-,20?,26+,27?/m0/s1. The van der Waals surface area contributed by atoms with Gasteiger partial charge in [-0.05, 0) is 51.4 Å². The van der Waals surface area contributed by atoms with Crippen LogP contribution in [0.3, 0.4) is 0 Å². The third-order valence-electron chi connectivity index (χ3n) is 8.30. The van der Waals surface area contributed by atoms with Crippen LogP contribution in [-0.4, -0.2) is 78.1 Å². The maximum Gasteiger partial charge on any atom is 0.308 e. The van der Waals surface area contributed by atoms with Gasteiger partial charge in [0.05, 0.1) is 29.2 Å². The van der Waals surface area contributed by atoms with Gasteiger partial charge < -0.3 is 20.0 Å². The van der Waals surface area contributed by atoms with Gasteiger partial charge >= 0.3 is 5.97 Å². The lowest BCUT2D eigenvalue weighted by molar-refractivity contribution is -0.152. The van der Waals surface area contributed by atoms with Crippen molar-refractivity contribution in [2.45, 2.75) is 102 Å². The van der Waals surface area contributed by atoms with Crippen LogP contribution < -0.4 is 0 Å². The molecule has 3 fully saturated rings. The minimum atomic E-state index is -0.978. The second-order valence-corrected chi connectivity index (χ2v) is 15.0. The van der Waals surface area contributed by atoms with E-state index in [1.54, 1.807) is 11.0 Å². The molecule has 3 rings (SSSR count). The number of aliphatic carboxylic acids is 1. The summed E-state index contributed by atoms with van der Waals surface area (Å²) in [4.78, 5) is 44.5. The number of aliphatic hydroxyl groups is 1. The monoisotopic (exact) mass is 508 g/mol. The highest BCUT2D eigenvalue weighted by molar-refractivity contribution is 8.02. The van der Waals surface area contributed by atoms with E-state index in [4.69, 9.17) is 0 Å². The van der Waals surface area contributed by atoms with Gasteiger partial charge in [0.25, 0.3) is 0 Å². The van der Waals surface area contributed by atoms with Crippen molar-refractivity contribution in [3.8, 4) is 0 Å². The first-order valence-electron chi connectivity index (χ1n) is 12.8. The number of carboxylic acids is 1. The summed E-state index contributed by atoms with van der Waals surface area (Å²) < 4.78 is -1.40. The van der Waals surface area contributed by atoms with Crippen molar-refractivity contribution in [1.29, 1.82) is 0 Å². The number of amides is 2. The Morgan fingerprint density at radius 3 is 2.31 bits per heavy atom. The van der Waals surface area contributed by atoms with Gasteiger partial charge in [0.2, 0.25) is 11.8 Å². The molecule has 0 radical (unpaired) electrons. The van der Waals surface area contributed by atoms with Crippen molar-refractivity contribution in [2.75, 3.05) is 13.2 Å². The van der Waals surface area contributed by atoms with Crippen molar-refractivity contribution in [3.63, 3.8) is 0 Å². The van der Waals surface area contributed by atoms with Gasteiger partial charge in [-0.3, -0.25) is 14.4 Å². The molecule has 0 saturated carbocycles. The average molecular weight is 509 g/mol. The van der Waals surface area contributed by atoms with Crippen LogP contribution in [0, 0.1) is 23.2 Å². The molecule has 3 aliphatic heterocycles. The Kier molecular flexibility index (Phi) is 7.28. The Labute approximate surface area is 214 Å². The molecule has 2 unspecified atom stereocenters. The normalized spacial score (nSPS) is 33.3. The number of likely N-dealkylation sites (tertiary alicyclic amines) is 1. The fraction of sp³-hybridized carbons (Fsp3) is 0.815. The average Bonchev–Trinajstić information content (AvgIpc) is 3.25. The summed E-state index contributed by atoms with van der Waals surface area (Å²) in [5.41, 5.74) is -0.555. The lowest BCUT2D eigenvalue weighted by Crippen LogP contribution is -2.62. The number of carbonyl (C=O) groups excluding carboxylic acids is 2. The minimum Gasteiger partial charge on any atom is -0.481 e. The van der Waals surface area contributed by atoms with E-state index < -0.39 is 44.9 Å². The van der Waals surface area contributed by atoms with Crippen molar-refractivity contribution in [2.24, 2.45) is 23.2 Å². The zero-order valence-corrected chi connectivity index (χ0v) is 23.4. The highest BCUT2D eigenvalue weighted by Crippen LogP contribution is 2.71. The molecular formula is C27H44N2O5S.